The van der Waals surface area contributed by atoms with Crippen LogP contribution in [0.25, 0.3) is 0 Å². The fraction of sp³-hybridized carbons (Fsp3) is 0.350. The molecule has 1 heterocycles. The maximum absolute atomic E-state index is 11.5. The molecule has 2 rings (SSSR count). The van der Waals surface area contributed by atoms with Gasteiger partial charge >= 0.3 is 0 Å². The lowest BCUT2D eigenvalue weighted by Crippen LogP contribution is -2.04. The van der Waals surface area contributed by atoms with E-state index < -0.39 is 0 Å². The van der Waals surface area contributed by atoms with Crippen molar-refractivity contribution < 1.29 is 4.79 Å². The number of hydrogen-bond donors (Lipinski definition) is 0. The van der Waals surface area contributed by atoms with Gasteiger partial charge in [0, 0.05) is 6.92 Å². The number of Topliss-reactive ketones (excluding diaryl/α,β-unsaturated/α-hetero) is 1. The molecule has 0 saturated heterocycles. The molecule has 0 aliphatic carbocycles. The normalized spacial score (nSPS) is 11.6. The first-order valence-corrected chi connectivity index (χ1v) is 8.21. The molecular formula is C20H24N2O. The summed E-state index contributed by atoms with van der Waals surface area (Å²) in [5, 5.41) is 0. The maximum atomic E-state index is 11.5. The van der Waals surface area contributed by atoms with E-state index >= 15 is 0 Å². The predicted molar refractivity (Wildman–Crippen MR) is 95.9 cm³/mol. The number of aliphatic imine (C=N–C) groups is 1. The van der Waals surface area contributed by atoms with E-state index in [0.29, 0.717) is 5.69 Å². The summed E-state index contributed by atoms with van der Waals surface area (Å²) in [7, 11) is 0. The molecule has 0 atom stereocenters. The van der Waals surface area contributed by atoms with Gasteiger partial charge in [-0.1, -0.05) is 44.5 Å². The van der Waals surface area contributed by atoms with Gasteiger partial charge in [0.2, 0.25) is 0 Å². The highest BCUT2D eigenvalue weighted by Gasteiger charge is 2.09. The Hall–Kier alpha value is -2.29. The van der Waals surface area contributed by atoms with Gasteiger partial charge in [0.1, 0.15) is 5.69 Å². The standard InChI is InChI=1S/C20H24N2O/c1-5-9-17-11-7-10-16(6-2)20(17)21-14(3)18-12-8-13-19(22-18)15(4)23/h7-8,10-13H,5-6,9H2,1-4H3/b21-14+. The van der Waals surface area contributed by atoms with Gasteiger partial charge in [-0.2, -0.15) is 0 Å². The number of para-hydroxylation sites is 1. The van der Waals surface area contributed by atoms with E-state index in [0.717, 1.165) is 36.4 Å². The Morgan fingerprint density at radius 1 is 1.00 bits per heavy atom. The van der Waals surface area contributed by atoms with Crippen LogP contribution in [0, 0.1) is 0 Å². The van der Waals surface area contributed by atoms with Gasteiger partial charge in [0.05, 0.1) is 17.1 Å². The summed E-state index contributed by atoms with van der Waals surface area (Å²) in [4.78, 5) is 20.8. The van der Waals surface area contributed by atoms with E-state index in [2.05, 4.69) is 37.0 Å². The molecule has 0 saturated carbocycles. The molecular weight excluding hydrogens is 284 g/mol. The van der Waals surface area contributed by atoms with E-state index in [-0.39, 0.29) is 5.78 Å². The first-order chi connectivity index (χ1) is 11.1. The number of benzene rings is 1. The van der Waals surface area contributed by atoms with Gasteiger partial charge in [0.25, 0.3) is 0 Å². The third-order valence-corrected chi connectivity index (χ3v) is 3.86. The monoisotopic (exact) mass is 308 g/mol. The van der Waals surface area contributed by atoms with Crippen LogP contribution < -0.4 is 0 Å². The minimum atomic E-state index is -0.0275. The van der Waals surface area contributed by atoms with Crippen LogP contribution in [0.4, 0.5) is 5.69 Å². The Morgan fingerprint density at radius 2 is 1.65 bits per heavy atom. The number of hydrogen-bond acceptors (Lipinski definition) is 3. The number of carbonyl (C=O) groups excluding carboxylic acids is 1. The van der Waals surface area contributed by atoms with Crippen molar-refractivity contribution >= 4 is 17.2 Å². The van der Waals surface area contributed by atoms with Crippen molar-refractivity contribution in [2.75, 3.05) is 0 Å². The van der Waals surface area contributed by atoms with Gasteiger partial charge in [-0.3, -0.25) is 9.79 Å². The average molecular weight is 308 g/mol. The molecule has 0 radical (unpaired) electrons. The molecule has 3 nitrogen and oxygen atoms in total. The minimum Gasteiger partial charge on any atom is -0.293 e. The zero-order valence-electron chi connectivity index (χ0n) is 14.4. The highest BCUT2D eigenvalue weighted by molar-refractivity contribution is 6.00. The molecule has 23 heavy (non-hydrogen) atoms. The van der Waals surface area contributed by atoms with Gasteiger partial charge in [-0.05, 0) is 43.0 Å². The molecule has 0 bridgehead atoms. The van der Waals surface area contributed by atoms with Crippen LogP contribution in [-0.2, 0) is 12.8 Å². The van der Waals surface area contributed by atoms with Crippen LogP contribution in [0.3, 0.4) is 0 Å². The summed E-state index contributed by atoms with van der Waals surface area (Å²) in [5.41, 5.74) is 5.66. The second-order valence-corrected chi connectivity index (χ2v) is 5.69. The Bertz CT molecular complexity index is 732. The largest absolute Gasteiger partial charge is 0.293 e. The number of aromatic nitrogens is 1. The topological polar surface area (TPSA) is 42.3 Å². The third kappa shape index (κ3) is 4.13. The van der Waals surface area contributed by atoms with E-state index in [1.165, 1.54) is 18.1 Å². The van der Waals surface area contributed by atoms with Crippen LogP contribution >= 0.6 is 0 Å². The van der Waals surface area contributed by atoms with Crippen molar-refractivity contribution in [2.24, 2.45) is 4.99 Å². The van der Waals surface area contributed by atoms with Crippen LogP contribution in [0.15, 0.2) is 41.4 Å². The first kappa shape index (κ1) is 17.1. The lowest BCUT2D eigenvalue weighted by molar-refractivity contribution is 0.101. The zero-order chi connectivity index (χ0) is 16.8. The maximum Gasteiger partial charge on any atom is 0.178 e. The summed E-state index contributed by atoms with van der Waals surface area (Å²) < 4.78 is 0. The number of rotatable bonds is 6. The molecule has 0 unspecified atom stereocenters. The van der Waals surface area contributed by atoms with Gasteiger partial charge in [-0.15, -0.1) is 0 Å². The number of aryl methyl sites for hydroxylation is 2. The third-order valence-electron chi connectivity index (χ3n) is 3.86. The first-order valence-electron chi connectivity index (χ1n) is 8.21. The second-order valence-electron chi connectivity index (χ2n) is 5.69. The fourth-order valence-corrected chi connectivity index (χ4v) is 2.60. The molecule has 0 aliphatic heterocycles. The smallest absolute Gasteiger partial charge is 0.178 e. The summed E-state index contributed by atoms with van der Waals surface area (Å²) >= 11 is 0. The molecule has 0 aliphatic rings. The van der Waals surface area contributed by atoms with E-state index in [1.807, 2.05) is 19.1 Å². The number of pyridine rings is 1. The molecule has 120 valence electrons. The fourth-order valence-electron chi connectivity index (χ4n) is 2.60. The minimum absolute atomic E-state index is 0.0275. The van der Waals surface area contributed by atoms with Crippen molar-refractivity contribution in [3.63, 3.8) is 0 Å². The molecule has 0 N–H and O–H groups in total. The van der Waals surface area contributed by atoms with Crippen molar-refractivity contribution in [1.82, 2.24) is 4.98 Å². The van der Waals surface area contributed by atoms with Gasteiger partial charge in [0.15, 0.2) is 5.78 Å². The lowest BCUT2D eigenvalue weighted by Gasteiger charge is -2.11. The number of carbonyl (C=O) groups is 1. The summed E-state index contributed by atoms with van der Waals surface area (Å²) in [6.45, 7) is 7.81. The Kier molecular flexibility index (Phi) is 5.80. The SMILES string of the molecule is CCCc1cccc(CC)c1/N=C(\C)c1cccc(C(C)=O)n1. The molecule has 1 aromatic carbocycles. The van der Waals surface area contributed by atoms with Crippen LogP contribution in [0.5, 0.6) is 0 Å². The predicted octanol–water partition coefficient (Wildman–Crippen LogP) is 4.94. The van der Waals surface area contributed by atoms with Crippen molar-refractivity contribution in [2.45, 2.75) is 47.0 Å². The van der Waals surface area contributed by atoms with Gasteiger partial charge in [-0.25, -0.2) is 4.98 Å². The number of nitrogens with zero attached hydrogens (tertiary/aromatic N) is 2. The zero-order valence-corrected chi connectivity index (χ0v) is 14.4. The quantitative estimate of drug-likeness (QED) is 0.560. The summed E-state index contributed by atoms with van der Waals surface area (Å²) in [5.74, 6) is -0.0275. The highest BCUT2D eigenvalue weighted by atomic mass is 16.1. The number of ketones is 1. The van der Waals surface area contributed by atoms with E-state index in [9.17, 15) is 4.79 Å². The molecule has 0 amide bonds. The second kappa shape index (κ2) is 7.82. The van der Waals surface area contributed by atoms with E-state index in [1.54, 1.807) is 6.07 Å². The van der Waals surface area contributed by atoms with Gasteiger partial charge < -0.3 is 0 Å². The molecule has 0 fully saturated rings. The molecule has 2 aromatic rings. The lowest BCUT2D eigenvalue weighted by atomic mass is 10.0. The molecule has 0 spiro atoms. The van der Waals surface area contributed by atoms with Crippen LogP contribution in [0.2, 0.25) is 0 Å². The van der Waals surface area contributed by atoms with Crippen LogP contribution in [0.1, 0.15) is 61.4 Å². The Labute approximate surface area is 138 Å². The van der Waals surface area contributed by atoms with Crippen molar-refractivity contribution in [3.8, 4) is 0 Å². The van der Waals surface area contributed by atoms with Crippen LogP contribution in [-0.4, -0.2) is 16.5 Å². The Balaban J connectivity index is 2.48. The summed E-state index contributed by atoms with van der Waals surface area (Å²) in [6.07, 6.45) is 3.05. The van der Waals surface area contributed by atoms with Crippen molar-refractivity contribution in [1.29, 1.82) is 0 Å². The molecule has 3 heteroatoms. The van der Waals surface area contributed by atoms with E-state index in [4.69, 9.17) is 4.99 Å². The van der Waals surface area contributed by atoms with Crippen molar-refractivity contribution in [3.05, 3.63) is 58.9 Å². The average Bonchev–Trinajstić information content (AvgIpc) is 2.56. The highest BCUT2D eigenvalue weighted by Crippen LogP contribution is 2.27. The summed E-state index contributed by atoms with van der Waals surface area (Å²) in [6, 6.07) is 11.9. The molecule has 1 aromatic heterocycles. The Morgan fingerprint density at radius 3 is 2.30 bits per heavy atom.